The van der Waals surface area contributed by atoms with Gasteiger partial charge in [0.25, 0.3) is 5.52 Å². The van der Waals surface area contributed by atoms with Crippen molar-refractivity contribution in [1.82, 2.24) is 5.10 Å². The summed E-state index contributed by atoms with van der Waals surface area (Å²) in [6.45, 7) is 0.611. The molecule has 0 fully saturated rings. The van der Waals surface area contributed by atoms with E-state index in [4.69, 9.17) is 4.74 Å². The number of hydrogen-bond acceptors (Lipinski definition) is 5. The highest BCUT2D eigenvalue weighted by Crippen LogP contribution is 2.15. The fourth-order valence-corrected chi connectivity index (χ4v) is 2.32. The Kier molecular flexibility index (Phi) is 4.20. The number of benzene rings is 2. The van der Waals surface area contributed by atoms with E-state index >= 15 is 0 Å². The molecule has 7 nitrogen and oxygen atoms in total. The fourth-order valence-electron chi connectivity index (χ4n) is 2.32. The molecule has 0 aliphatic carbocycles. The van der Waals surface area contributed by atoms with E-state index in [9.17, 15) is 10.4 Å². The van der Waals surface area contributed by atoms with Crippen LogP contribution in [-0.2, 0) is 11.2 Å². The molecule has 1 aromatic heterocycles. The van der Waals surface area contributed by atoms with Crippen molar-refractivity contribution < 1.29 is 14.3 Å². The number of para-hydroxylation sites is 2. The van der Waals surface area contributed by atoms with Crippen LogP contribution in [0.5, 0.6) is 0 Å². The Bertz CT molecular complexity index is 839. The first kappa shape index (κ1) is 15.0. The van der Waals surface area contributed by atoms with Gasteiger partial charge in [-0.2, -0.15) is 0 Å². The monoisotopic (exact) mass is 312 g/mol. The Morgan fingerprint density at radius 1 is 1.09 bits per heavy atom. The van der Waals surface area contributed by atoms with E-state index in [2.05, 4.69) is 10.4 Å². The van der Waals surface area contributed by atoms with Crippen LogP contribution >= 0.6 is 0 Å². The summed E-state index contributed by atoms with van der Waals surface area (Å²) < 4.78 is 5.67. The maximum Gasteiger partial charge on any atom is 0.465 e. The molecule has 2 aromatic carbocycles. The van der Waals surface area contributed by atoms with Gasteiger partial charge in [-0.1, -0.05) is 24.3 Å². The van der Waals surface area contributed by atoms with Crippen LogP contribution in [0.1, 0.15) is 5.56 Å². The quantitative estimate of drug-likeness (QED) is 0.569. The predicted octanol–water partition coefficient (Wildman–Crippen LogP) is 1.43. The van der Waals surface area contributed by atoms with Gasteiger partial charge in [-0.3, -0.25) is 0 Å². The van der Waals surface area contributed by atoms with Crippen molar-refractivity contribution in [3.05, 3.63) is 64.5 Å². The lowest BCUT2D eigenvalue weighted by molar-refractivity contribution is -0.672. The van der Waals surface area contributed by atoms with Crippen LogP contribution in [-0.4, -0.2) is 18.8 Å². The summed E-state index contributed by atoms with van der Waals surface area (Å²) in [6, 6.07) is 14.1. The first-order chi connectivity index (χ1) is 11.2. The Morgan fingerprint density at radius 2 is 1.87 bits per heavy atom. The number of anilines is 2. The molecule has 0 spiro atoms. The molecule has 0 amide bonds. The van der Waals surface area contributed by atoms with Gasteiger partial charge in [-0.15, -0.1) is 0 Å². The van der Waals surface area contributed by atoms with Gasteiger partial charge in [0.2, 0.25) is 5.10 Å². The molecule has 0 saturated heterocycles. The van der Waals surface area contributed by atoms with E-state index in [1.54, 1.807) is 31.4 Å². The lowest BCUT2D eigenvalue weighted by Gasteiger charge is -2.10. The zero-order valence-electron chi connectivity index (χ0n) is 12.6. The maximum atomic E-state index is 12.4. The molecular weight excluding hydrogens is 296 g/mol. The summed E-state index contributed by atoms with van der Waals surface area (Å²) in [5, 5.41) is 31.0. The summed E-state index contributed by atoms with van der Waals surface area (Å²) in [5.74, 6) is -0.0670. The number of ether oxygens (including phenoxy) is 1. The summed E-state index contributed by atoms with van der Waals surface area (Å²) in [7, 11) is 1.65. The fraction of sp³-hybridized carbons (Fsp3) is 0.188. The van der Waals surface area contributed by atoms with Crippen LogP contribution in [0, 0.1) is 10.4 Å². The van der Waals surface area contributed by atoms with Crippen molar-refractivity contribution in [2.24, 2.45) is 0 Å². The van der Waals surface area contributed by atoms with Crippen LogP contribution in [0.15, 0.2) is 48.5 Å². The van der Waals surface area contributed by atoms with E-state index in [1.807, 2.05) is 24.3 Å². The van der Waals surface area contributed by atoms with Crippen molar-refractivity contribution in [2.45, 2.75) is 6.42 Å². The van der Waals surface area contributed by atoms with Gasteiger partial charge in [-0.25, -0.2) is 10.0 Å². The van der Waals surface area contributed by atoms with Gasteiger partial charge in [0.1, 0.15) is 0 Å². The number of aromatic nitrogens is 3. The Morgan fingerprint density at radius 3 is 2.65 bits per heavy atom. The highest BCUT2D eigenvalue weighted by atomic mass is 16.5. The zero-order valence-corrected chi connectivity index (χ0v) is 12.6. The number of methoxy groups -OCH3 is 1. The highest BCUT2D eigenvalue weighted by molar-refractivity contribution is 5.67. The first-order valence-corrected chi connectivity index (χ1v) is 7.16. The number of hydrogen-bond donors (Lipinski definition) is 1. The molecule has 23 heavy (non-hydrogen) atoms. The molecule has 3 rings (SSSR count). The molecule has 0 unspecified atom stereocenters. The van der Waals surface area contributed by atoms with Crippen molar-refractivity contribution in [1.29, 1.82) is 0 Å². The second-order valence-electron chi connectivity index (χ2n) is 5.05. The number of rotatable bonds is 5. The van der Waals surface area contributed by atoms with Crippen molar-refractivity contribution >= 4 is 22.7 Å². The van der Waals surface area contributed by atoms with E-state index in [0.717, 1.165) is 12.0 Å². The third kappa shape index (κ3) is 3.14. The van der Waals surface area contributed by atoms with Gasteiger partial charge >= 0.3 is 5.95 Å². The molecule has 7 heteroatoms. The molecule has 1 heterocycles. The molecule has 3 aromatic rings. The molecule has 0 atom stereocenters. The third-order valence-electron chi connectivity index (χ3n) is 3.46. The minimum Gasteiger partial charge on any atom is -0.739 e. The molecule has 0 radical (unpaired) electrons. The van der Waals surface area contributed by atoms with Gasteiger partial charge < -0.3 is 15.2 Å². The average Bonchev–Trinajstić information content (AvgIpc) is 2.58. The SMILES string of the molecule is COCCc1cccc(Nc2n[n+]([O-])c3ccccc3[n+]2[O-])c1. The summed E-state index contributed by atoms with van der Waals surface area (Å²) in [6.07, 6.45) is 0.760. The smallest absolute Gasteiger partial charge is 0.465 e. The van der Waals surface area contributed by atoms with Crippen LogP contribution in [0.3, 0.4) is 0 Å². The van der Waals surface area contributed by atoms with E-state index in [1.165, 1.54) is 0 Å². The molecule has 1 N–H and O–H groups in total. The van der Waals surface area contributed by atoms with Crippen molar-refractivity contribution in [3.63, 3.8) is 0 Å². The Balaban J connectivity index is 1.94. The van der Waals surface area contributed by atoms with Crippen LogP contribution in [0.25, 0.3) is 11.0 Å². The second kappa shape index (κ2) is 6.45. The lowest BCUT2D eigenvalue weighted by Crippen LogP contribution is -2.43. The molecular formula is C16H16N4O3. The second-order valence-corrected chi connectivity index (χ2v) is 5.05. The molecule has 0 aliphatic rings. The average molecular weight is 312 g/mol. The molecule has 0 saturated carbocycles. The first-order valence-electron chi connectivity index (χ1n) is 7.16. The van der Waals surface area contributed by atoms with E-state index in [0.29, 0.717) is 21.9 Å². The minimum atomic E-state index is -0.0670. The predicted molar refractivity (Wildman–Crippen MR) is 85.0 cm³/mol. The Labute approximate surface area is 132 Å². The number of nitrogens with zero attached hydrogens (tertiary/aromatic N) is 3. The topological polar surface area (TPSA) is 88.0 Å². The standard InChI is InChI=1S/C16H16N4O3/c1-23-10-9-12-5-4-6-13(11-12)17-16-18-20(22)15-8-3-2-7-14(15)19(16)21/h2-8,11H,9-10H2,1H3,(H,17,18). The van der Waals surface area contributed by atoms with Crippen LogP contribution in [0.4, 0.5) is 11.6 Å². The largest absolute Gasteiger partial charge is 0.739 e. The zero-order chi connectivity index (χ0) is 16.2. The van der Waals surface area contributed by atoms with E-state index in [-0.39, 0.29) is 17.0 Å². The molecule has 118 valence electrons. The normalized spacial score (nSPS) is 10.8. The lowest BCUT2D eigenvalue weighted by atomic mass is 10.1. The maximum absolute atomic E-state index is 12.4. The van der Waals surface area contributed by atoms with E-state index < -0.39 is 0 Å². The van der Waals surface area contributed by atoms with Gasteiger partial charge in [0.15, 0.2) is 5.52 Å². The number of fused-ring (bicyclic) bond motifs is 1. The minimum absolute atomic E-state index is 0.0670. The third-order valence-corrected chi connectivity index (χ3v) is 3.46. The summed E-state index contributed by atoms with van der Waals surface area (Å²) >= 11 is 0. The summed E-state index contributed by atoms with van der Waals surface area (Å²) in [4.78, 5) is 0.445. The van der Waals surface area contributed by atoms with Gasteiger partial charge in [-0.05, 0) is 30.2 Å². The highest BCUT2D eigenvalue weighted by Gasteiger charge is 2.20. The van der Waals surface area contributed by atoms with Crippen LogP contribution < -0.4 is 14.9 Å². The van der Waals surface area contributed by atoms with Crippen molar-refractivity contribution in [2.75, 3.05) is 19.0 Å². The van der Waals surface area contributed by atoms with Crippen molar-refractivity contribution in [3.8, 4) is 0 Å². The van der Waals surface area contributed by atoms with Gasteiger partial charge in [0, 0.05) is 18.0 Å². The summed E-state index contributed by atoms with van der Waals surface area (Å²) in [5.41, 5.74) is 2.23. The Hall–Kier alpha value is -2.93. The van der Waals surface area contributed by atoms with Crippen LogP contribution in [0.2, 0.25) is 0 Å². The van der Waals surface area contributed by atoms with Gasteiger partial charge in [0.05, 0.1) is 12.3 Å². The molecule has 0 aliphatic heterocycles. The number of nitrogens with one attached hydrogen (secondary N) is 1. The molecule has 0 bridgehead atoms.